The molecule has 482 valence electrons. The minimum absolute atomic E-state index is 0.00738. The Balaban J connectivity index is 0.000000173. The second-order valence-corrected chi connectivity index (χ2v) is 28.2. The molecule has 19 heteroatoms. The number of rotatable bonds is 15. The monoisotopic (exact) mass is 1360 g/mol. The van der Waals surface area contributed by atoms with E-state index in [4.69, 9.17) is 55.9 Å². The Hall–Kier alpha value is -6.83. The molecule has 4 aliphatic heterocycles. The maximum atomic E-state index is 14.4. The van der Waals surface area contributed by atoms with Crippen LogP contribution in [0.4, 0.5) is 0 Å². The van der Waals surface area contributed by atoms with E-state index in [0.717, 1.165) is 114 Å². The zero-order chi connectivity index (χ0) is 65.5. The molecule has 0 bridgehead atoms. The van der Waals surface area contributed by atoms with Crippen molar-refractivity contribution < 1.29 is 32.3 Å². The molecule has 8 aromatic rings. The summed E-state index contributed by atoms with van der Waals surface area (Å²) in [7, 11) is -1.87. The molecule has 1 N–H and O–H groups in total. The lowest BCUT2D eigenvalue weighted by atomic mass is 9.88. The first-order chi connectivity index (χ1) is 45.1. The van der Waals surface area contributed by atoms with E-state index in [2.05, 4.69) is 34.5 Å². The standard InChI is InChI=1S/C37H37Cl2N3O3S.C25H20Cl2N2O3.C12H17NOS/c1-46(44)35-9-5-4-7-30(35)25-12-15-41(16-13-25)17-14-28(26-10-11-33(38)34(39)21-26)23-42-18-19-45-24-32-29(22-40)20-27-6-2-3-8-31(27)36(32)37(42)43;26-22-6-5-16(12-23(22)27)18(7-9-30)14-29-8-10-32-15-21-19(13-28)11-17-3-1-2-4-20(17)24(21)25(29)31;1-15(14)12-5-3-2-4-11(12)10-6-8-13-9-7-10/h2-11,20-21,25,28H,12-19,23-24H2,1H3;1-6,9,11-12,18H,7-8,10,14-15H2;2-5,10,13H,6-9H2,1H3/t28-,46+;18-;15-/m110/s1. The Morgan fingerprint density at radius 1 is 0.570 bits per heavy atom. The summed E-state index contributed by atoms with van der Waals surface area (Å²) in [5.41, 5.74) is 7.57. The number of halogens is 4. The minimum atomic E-state index is -1.01. The van der Waals surface area contributed by atoms with Crippen molar-refractivity contribution in [2.24, 2.45) is 0 Å². The number of nitrogens with zero attached hydrogens (tertiary/aromatic N) is 5. The zero-order valence-electron chi connectivity index (χ0n) is 52.1. The van der Waals surface area contributed by atoms with E-state index in [-0.39, 0.29) is 43.3 Å². The molecule has 0 radical (unpaired) electrons. The molecule has 4 aliphatic rings. The number of piperidine rings is 2. The number of carbonyl (C=O) groups is 3. The van der Waals surface area contributed by atoms with Crippen molar-refractivity contribution in [2.45, 2.75) is 85.2 Å². The normalized spacial score (nSPS) is 17.1. The van der Waals surface area contributed by atoms with Crippen molar-refractivity contribution in [2.75, 3.05) is 84.6 Å². The summed E-state index contributed by atoms with van der Waals surface area (Å²) in [5, 5.41) is 28.1. The van der Waals surface area contributed by atoms with Gasteiger partial charge in [0, 0.05) is 77.9 Å². The Labute approximate surface area is 569 Å². The third-order valence-electron chi connectivity index (χ3n) is 18.2. The molecule has 12 rings (SSSR count). The molecule has 4 atom stereocenters. The largest absolute Gasteiger partial charge is 0.375 e. The fourth-order valence-corrected chi connectivity index (χ4v) is 15.6. The van der Waals surface area contributed by atoms with E-state index < -0.39 is 21.6 Å². The van der Waals surface area contributed by atoms with Crippen LogP contribution in [0.1, 0.15) is 127 Å². The molecule has 13 nitrogen and oxygen atoms in total. The first kappa shape index (κ1) is 69.0. The van der Waals surface area contributed by atoms with Crippen molar-refractivity contribution in [3.63, 3.8) is 0 Å². The van der Waals surface area contributed by atoms with Gasteiger partial charge in [-0.25, -0.2) is 0 Å². The topological polar surface area (TPSA) is 173 Å². The van der Waals surface area contributed by atoms with E-state index >= 15 is 0 Å². The first-order valence-electron chi connectivity index (χ1n) is 31.4. The second kappa shape index (κ2) is 33.0. The van der Waals surface area contributed by atoms with Gasteiger partial charge in [0.1, 0.15) is 6.29 Å². The lowest BCUT2D eigenvalue weighted by Crippen LogP contribution is -2.40. The van der Waals surface area contributed by atoms with Crippen molar-refractivity contribution in [1.29, 1.82) is 10.5 Å². The zero-order valence-corrected chi connectivity index (χ0v) is 56.8. The van der Waals surface area contributed by atoms with Gasteiger partial charge in [0.15, 0.2) is 0 Å². The minimum Gasteiger partial charge on any atom is -0.375 e. The third kappa shape index (κ3) is 16.8. The number of amides is 2. The van der Waals surface area contributed by atoms with Crippen LogP contribution >= 0.6 is 46.4 Å². The Kier molecular flexibility index (Phi) is 24.5. The van der Waals surface area contributed by atoms with Crippen molar-refractivity contribution in [3.8, 4) is 12.1 Å². The lowest BCUT2D eigenvalue weighted by molar-refractivity contribution is -0.108. The summed E-state index contributed by atoms with van der Waals surface area (Å²) >= 11 is 25.1. The highest BCUT2D eigenvalue weighted by Crippen LogP contribution is 2.37. The third-order valence-corrected chi connectivity index (χ3v) is 21.7. The second-order valence-electron chi connectivity index (χ2n) is 23.9. The van der Waals surface area contributed by atoms with E-state index in [0.29, 0.717) is 105 Å². The summed E-state index contributed by atoms with van der Waals surface area (Å²) in [4.78, 5) is 47.6. The molecule has 0 aliphatic carbocycles. The highest BCUT2D eigenvalue weighted by atomic mass is 35.5. The molecular weight excluding hydrogens is 1290 g/mol. The Morgan fingerprint density at radius 2 is 1.01 bits per heavy atom. The van der Waals surface area contributed by atoms with Gasteiger partial charge >= 0.3 is 0 Å². The molecule has 0 aromatic heterocycles. The molecule has 2 fully saturated rings. The van der Waals surface area contributed by atoms with Gasteiger partial charge in [0.25, 0.3) is 11.8 Å². The first-order valence-corrected chi connectivity index (χ1v) is 36.0. The Morgan fingerprint density at radius 3 is 1.47 bits per heavy atom. The fraction of sp³-hybridized carbons (Fsp3) is 0.338. The number of benzene rings is 8. The Bertz CT molecular complexity index is 4160. The number of hydrogen-bond donors (Lipinski definition) is 1. The number of likely N-dealkylation sites (tertiary alicyclic amines) is 1. The number of nitrogens with one attached hydrogen (secondary N) is 1. The van der Waals surface area contributed by atoms with Crippen LogP contribution in [0.2, 0.25) is 20.1 Å². The maximum Gasteiger partial charge on any atom is 0.254 e. The quantitative estimate of drug-likeness (QED) is 0.0968. The molecule has 2 saturated heterocycles. The van der Waals surface area contributed by atoms with Gasteiger partial charge in [-0.1, -0.05) is 143 Å². The number of ether oxygens (including phenoxy) is 2. The van der Waals surface area contributed by atoms with Gasteiger partial charge in [-0.15, -0.1) is 0 Å². The SMILES string of the molecule is C[S@](=O)c1ccccc1C1CCN(CC[C@H](CN2CCOCc3c(C#N)cc4ccccc4c3C2=O)c2ccc(Cl)c(Cl)c2)CC1.C[S@](=O)c1ccccc1C1CCNCC1.N#Cc1cc2ccccc2c2c1COCCN(C[C@@H](CC=O)c1ccc(Cl)c(Cl)c1)C2=O. The average molecular weight is 1370 g/mol. The van der Waals surface area contributed by atoms with E-state index in [1.54, 1.807) is 35.6 Å². The predicted octanol–water partition coefficient (Wildman–Crippen LogP) is 15.0. The molecule has 0 spiro atoms. The number of nitriles is 2. The summed E-state index contributed by atoms with van der Waals surface area (Å²) in [6, 6.07) is 50.7. The van der Waals surface area contributed by atoms with Crippen LogP contribution in [-0.2, 0) is 49.1 Å². The maximum absolute atomic E-state index is 14.4. The van der Waals surface area contributed by atoms with Crippen LogP contribution in [0.3, 0.4) is 0 Å². The molecule has 0 saturated carbocycles. The van der Waals surface area contributed by atoms with Gasteiger partial charge in [0.2, 0.25) is 0 Å². The van der Waals surface area contributed by atoms with Crippen molar-refractivity contribution in [3.05, 3.63) is 221 Å². The van der Waals surface area contributed by atoms with Crippen LogP contribution < -0.4 is 5.32 Å². The number of carbonyl (C=O) groups excluding carboxylic acids is 3. The molecule has 93 heavy (non-hydrogen) atoms. The van der Waals surface area contributed by atoms with Crippen LogP contribution in [0.5, 0.6) is 0 Å². The van der Waals surface area contributed by atoms with Gasteiger partial charge in [0.05, 0.1) is 103 Å². The molecule has 4 heterocycles. The number of fused-ring (bicyclic) bond motifs is 6. The smallest absolute Gasteiger partial charge is 0.254 e. The van der Waals surface area contributed by atoms with E-state index in [9.17, 15) is 33.3 Å². The summed E-state index contributed by atoms with van der Waals surface area (Å²) in [5.74, 6) is 0.491. The van der Waals surface area contributed by atoms with Gasteiger partial charge in [-0.2, -0.15) is 10.5 Å². The van der Waals surface area contributed by atoms with Gasteiger partial charge in [-0.3, -0.25) is 18.0 Å². The average Bonchev–Trinajstić information content (AvgIpc) is 0.790. The van der Waals surface area contributed by atoms with Crippen LogP contribution in [0.15, 0.2) is 155 Å². The van der Waals surface area contributed by atoms with E-state index in [1.165, 1.54) is 11.1 Å². The highest BCUT2D eigenvalue weighted by molar-refractivity contribution is 7.84. The molecule has 8 aromatic carbocycles. The van der Waals surface area contributed by atoms with Crippen LogP contribution in [0, 0.1) is 22.7 Å². The summed E-state index contributed by atoms with van der Waals surface area (Å²) < 4.78 is 35.8. The van der Waals surface area contributed by atoms with E-state index in [1.807, 2.05) is 120 Å². The lowest BCUT2D eigenvalue weighted by Gasteiger charge is -2.35. The molecule has 2 amide bonds. The number of hydrogen-bond acceptors (Lipinski definition) is 11. The number of aldehydes is 1. The highest BCUT2D eigenvalue weighted by Gasteiger charge is 2.32. The predicted molar refractivity (Wildman–Crippen MR) is 373 cm³/mol. The van der Waals surface area contributed by atoms with Crippen LogP contribution in [-0.4, -0.2) is 126 Å². The van der Waals surface area contributed by atoms with Crippen molar-refractivity contribution in [1.82, 2.24) is 20.0 Å². The molecule has 0 unspecified atom stereocenters. The summed E-state index contributed by atoms with van der Waals surface area (Å²) in [6.07, 6.45) is 9.77. The fourth-order valence-electron chi connectivity index (χ4n) is 13.3. The van der Waals surface area contributed by atoms with Crippen molar-refractivity contribution >= 4 is 108 Å². The van der Waals surface area contributed by atoms with Gasteiger partial charge in [-0.05, 0) is 169 Å². The summed E-state index contributed by atoms with van der Waals surface area (Å²) in [6.45, 7) is 7.70. The molecular formula is C74H74Cl4N6O7S2. The van der Waals surface area contributed by atoms with Crippen LogP contribution in [0.25, 0.3) is 21.5 Å². The van der Waals surface area contributed by atoms with Gasteiger partial charge < -0.3 is 34.3 Å².